The largest absolute Gasteiger partial charge is 0.345 e. The van der Waals surface area contributed by atoms with Gasteiger partial charge in [-0.05, 0) is 24.0 Å². The van der Waals surface area contributed by atoms with Crippen LogP contribution >= 0.6 is 11.3 Å². The summed E-state index contributed by atoms with van der Waals surface area (Å²) in [6.07, 6.45) is 1.55. The molecule has 2 N–H and O–H groups in total. The number of aromatic nitrogens is 1. The third-order valence-electron chi connectivity index (χ3n) is 5.11. The van der Waals surface area contributed by atoms with Crippen molar-refractivity contribution in [3.05, 3.63) is 91.9 Å². The first-order valence-electron chi connectivity index (χ1n) is 10.6. The van der Waals surface area contributed by atoms with E-state index in [0.29, 0.717) is 12.8 Å². The van der Waals surface area contributed by atoms with Crippen LogP contribution in [0.5, 0.6) is 0 Å². The van der Waals surface area contributed by atoms with Gasteiger partial charge < -0.3 is 10.6 Å². The number of nitro groups is 1. The van der Waals surface area contributed by atoms with Crippen molar-refractivity contribution in [1.29, 1.82) is 0 Å². The molecule has 0 aliphatic rings. The van der Waals surface area contributed by atoms with Gasteiger partial charge in [0.1, 0.15) is 11.0 Å². The number of nitro benzene ring substituents is 1. The first-order chi connectivity index (χ1) is 15.9. The summed E-state index contributed by atoms with van der Waals surface area (Å²) in [5, 5.41) is 19.4. The topological polar surface area (TPSA) is 114 Å². The maximum absolute atomic E-state index is 13.2. The number of hydrogen-bond acceptors (Lipinski definition) is 6. The minimum atomic E-state index is -0.741. The normalized spacial score (nSPS) is 12.5. The molecule has 33 heavy (non-hydrogen) atoms. The molecule has 0 saturated carbocycles. The number of hydrogen-bond donors (Lipinski definition) is 2. The van der Waals surface area contributed by atoms with Crippen LogP contribution in [0, 0.1) is 10.1 Å². The predicted octanol–water partition coefficient (Wildman–Crippen LogP) is 3.76. The van der Waals surface area contributed by atoms with E-state index in [2.05, 4.69) is 15.6 Å². The molecule has 2 atom stereocenters. The van der Waals surface area contributed by atoms with Gasteiger partial charge in [0.25, 0.3) is 5.69 Å². The van der Waals surface area contributed by atoms with Crippen molar-refractivity contribution in [2.45, 2.75) is 45.2 Å². The lowest BCUT2D eigenvalue weighted by Crippen LogP contribution is -2.48. The standard InChI is InChI=1S/C24H26N4O4S/c1-3-19-15-33-24(26-19)22(14-18-9-11-20(12-10-18)28(31)32)27-23(30)21(25-16(2)29)13-17-7-5-4-6-8-17/h4-12,15,21-22H,3,13-14H2,1-2H3,(H,25,29)(H,27,30). The van der Waals surface area contributed by atoms with E-state index in [0.717, 1.165) is 28.2 Å². The fraction of sp³-hybridized carbons (Fsp3) is 0.292. The summed E-state index contributed by atoms with van der Waals surface area (Å²) in [4.78, 5) is 40.2. The Bertz CT molecular complexity index is 1100. The molecule has 0 spiro atoms. The van der Waals surface area contributed by atoms with Crippen molar-refractivity contribution >= 4 is 28.8 Å². The van der Waals surface area contributed by atoms with Crippen LogP contribution in [-0.4, -0.2) is 27.8 Å². The Labute approximate surface area is 196 Å². The van der Waals surface area contributed by atoms with Gasteiger partial charge in [0.2, 0.25) is 11.8 Å². The van der Waals surface area contributed by atoms with Crippen molar-refractivity contribution in [1.82, 2.24) is 15.6 Å². The number of aryl methyl sites for hydroxylation is 1. The smallest absolute Gasteiger partial charge is 0.269 e. The number of thiazole rings is 1. The zero-order valence-electron chi connectivity index (χ0n) is 18.5. The molecule has 8 nitrogen and oxygen atoms in total. The molecule has 1 heterocycles. The van der Waals surface area contributed by atoms with E-state index >= 15 is 0 Å². The number of nitrogens with zero attached hydrogens (tertiary/aromatic N) is 2. The molecule has 0 fully saturated rings. The summed E-state index contributed by atoms with van der Waals surface area (Å²) < 4.78 is 0. The van der Waals surface area contributed by atoms with E-state index in [9.17, 15) is 19.7 Å². The van der Waals surface area contributed by atoms with Crippen molar-refractivity contribution in [2.24, 2.45) is 0 Å². The van der Waals surface area contributed by atoms with E-state index in [4.69, 9.17) is 0 Å². The van der Waals surface area contributed by atoms with Gasteiger partial charge in [0.15, 0.2) is 0 Å². The lowest BCUT2D eigenvalue weighted by Gasteiger charge is -2.22. The molecule has 2 aromatic carbocycles. The highest BCUT2D eigenvalue weighted by atomic mass is 32.1. The number of benzene rings is 2. The number of carbonyl (C=O) groups is 2. The number of non-ortho nitro benzene ring substituents is 1. The summed E-state index contributed by atoms with van der Waals surface area (Å²) in [5.41, 5.74) is 2.70. The fourth-order valence-corrected chi connectivity index (χ4v) is 4.36. The Hall–Kier alpha value is -3.59. The van der Waals surface area contributed by atoms with Crippen LogP contribution in [-0.2, 0) is 28.9 Å². The van der Waals surface area contributed by atoms with Crippen LogP contribution in [0.2, 0.25) is 0 Å². The predicted molar refractivity (Wildman–Crippen MR) is 127 cm³/mol. The molecule has 172 valence electrons. The van der Waals surface area contributed by atoms with Gasteiger partial charge in [0, 0.05) is 30.9 Å². The number of nitrogens with one attached hydrogen (secondary N) is 2. The first kappa shape index (κ1) is 24.1. The van der Waals surface area contributed by atoms with Gasteiger partial charge >= 0.3 is 0 Å². The minimum absolute atomic E-state index is 0.00966. The molecule has 3 aromatic rings. The van der Waals surface area contributed by atoms with Crippen LogP contribution in [0.1, 0.15) is 41.7 Å². The summed E-state index contributed by atoms with van der Waals surface area (Å²) in [6.45, 7) is 3.39. The van der Waals surface area contributed by atoms with Crippen LogP contribution in [0.4, 0.5) is 5.69 Å². The fourth-order valence-electron chi connectivity index (χ4n) is 3.41. The van der Waals surface area contributed by atoms with Crippen LogP contribution in [0.3, 0.4) is 0 Å². The van der Waals surface area contributed by atoms with Gasteiger partial charge in [-0.1, -0.05) is 49.4 Å². The molecular formula is C24H26N4O4S. The average Bonchev–Trinajstić information content (AvgIpc) is 3.28. The molecule has 0 saturated heterocycles. The highest BCUT2D eigenvalue weighted by Gasteiger charge is 2.25. The third-order valence-corrected chi connectivity index (χ3v) is 6.12. The van der Waals surface area contributed by atoms with Crippen molar-refractivity contribution in [2.75, 3.05) is 0 Å². The minimum Gasteiger partial charge on any atom is -0.345 e. The van der Waals surface area contributed by atoms with E-state index < -0.39 is 17.0 Å². The zero-order valence-corrected chi connectivity index (χ0v) is 19.3. The number of carbonyl (C=O) groups excluding carboxylic acids is 2. The molecule has 2 unspecified atom stereocenters. The Balaban J connectivity index is 1.82. The summed E-state index contributed by atoms with van der Waals surface area (Å²) in [7, 11) is 0. The Morgan fingerprint density at radius 2 is 1.70 bits per heavy atom. The lowest BCUT2D eigenvalue weighted by molar-refractivity contribution is -0.384. The monoisotopic (exact) mass is 466 g/mol. The van der Waals surface area contributed by atoms with E-state index in [-0.39, 0.29) is 17.5 Å². The molecular weight excluding hydrogens is 440 g/mol. The van der Waals surface area contributed by atoms with Gasteiger partial charge in [-0.15, -0.1) is 11.3 Å². The second kappa shape index (κ2) is 11.3. The summed E-state index contributed by atoms with van der Waals surface area (Å²) in [6, 6.07) is 14.6. The summed E-state index contributed by atoms with van der Waals surface area (Å²) >= 11 is 1.46. The Kier molecular flexibility index (Phi) is 8.26. The maximum Gasteiger partial charge on any atom is 0.269 e. The van der Waals surface area contributed by atoms with Crippen molar-refractivity contribution in [3.63, 3.8) is 0 Å². The summed E-state index contributed by atoms with van der Waals surface area (Å²) in [5.74, 6) is -0.602. The van der Waals surface area contributed by atoms with Crippen molar-refractivity contribution < 1.29 is 14.5 Å². The first-order valence-corrected chi connectivity index (χ1v) is 11.5. The van der Waals surface area contributed by atoms with Gasteiger partial charge in [-0.3, -0.25) is 19.7 Å². The van der Waals surface area contributed by atoms with Gasteiger partial charge in [-0.2, -0.15) is 0 Å². The highest BCUT2D eigenvalue weighted by Crippen LogP contribution is 2.24. The van der Waals surface area contributed by atoms with E-state index in [1.165, 1.54) is 30.4 Å². The number of amides is 2. The van der Waals surface area contributed by atoms with Crippen molar-refractivity contribution in [3.8, 4) is 0 Å². The number of rotatable bonds is 10. The highest BCUT2D eigenvalue weighted by molar-refractivity contribution is 7.09. The molecule has 0 aliphatic heterocycles. The SMILES string of the molecule is CCc1csc(C(Cc2ccc([N+](=O)[O-])cc2)NC(=O)C(Cc2ccccc2)NC(C)=O)n1. The Morgan fingerprint density at radius 1 is 1.03 bits per heavy atom. The van der Waals surface area contributed by atoms with Gasteiger partial charge in [-0.25, -0.2) is 4.98 Å². The Morgan fingerprint density at radius 3 is 2.27 bits per heavy atom. The molecule has 3 rings (SSSR count). The molecule has 0 radical (unpaired) electrons. The van der Waals surface area contributed by atoms with Gasteiger partial charge in [0.05, 0.1) is 16.7 Å². The van der Waals surface area contributed by atoms with Crippen LogP contribution < -0.4 is 10.6 Å². The van der Waals surface area contributed by atoms with Crippen LogP contribution in [0.15, 0.2) is 60.0 Å². The maximum atomic E-state index is 13.2. The van der Waals surface area contributed by atoms with E-state index in [1.54, 1.807) is 12.1 Å². The second-order valence-corrected chi connectivity index (χ2v) is 8.55. The molecule has 1 aromatic heterocycles. The quantitative estimate of drug-likeness (QED) is 0.349. The lowest BCUT2D eigenvalue weighted by atomic mass is 10.0. The van der Waals surface area contributed by atoms with Crippen LogP contribution in [0.25, 0.3) is 0 Å². The molecule has 9 heteroatoms. The zero-order chi connectivity index (χ0) is 23.8. The molecule has 0 bridgehead atoms. The second-order valence-electron chi connectivity index (χ2n) is 7.66. The van der Waals surface area contributed by atoms with E-state index in [1.807, 2.05) is 42.6 Å². The molecule has 2 amide bonds. The third kappa shape index (κ3) is 6.95. The average molecular weight is 467 g/mol. The molecule has 0 aliphatic carbocycles.